The number of nitrogens with zero attached hydrogens (tertiary/aromatic N) is 4. The van der Waals surface area contributed by atoms with Gasteiger partial charge in [-0.05, 0) is 31.5 Å². The van der Waals surface area contributed by atoms with Crippen LogP contribution in [0.2, 0.25) is 0 Å². The third kappa shape index (κ3) is 3.34. The van der Waals surface area contributed by atoms with Gasteiger partial charge in [0.1, 0.15) is 5.82 Å². The highest BCUT2D eigenvalue weighted by atomic mass is 16.3. The molecular formula is C19H18N4O. The van der Waals surface area contributed by atoms with Crippen molar-refractivity contribution in [2.24, 2.45) is 0 Å². The summed E-state index contributed by atoms with van der Waals surface area (Å²) in [6.45, 7) is 4.20. The van der Waals surface area contributed by atoms with E-state index in [1.54, 1.807) is 16.8 Å². The molecule has 0 aliphatic heterocycles. The summed E-state index contributed by atoms with van der Waals surface area (Å²) in [5, 5.41) is 23.9. The normalized spacial score (nSPS) is 11.9. The quantitative estimate of drug-likeness (QED) is 0.802. The first kappa shape index (κ1) is 15.9. The van der Waals surface area contributed by atoms with Crippen LogP contribution in [0.25, 0.3) is 11.4 Å². The molecule has 3 aromatic rings. The highest BCUT2D eigenvalue weighted by Gasteiger charge is 2.14. The zero-order valence-corrected chi connectivity index (χ0v) is 13.6. The molecule has 24 heavy (non-hydrogen) atoms. The lowest BCUT2D eigenvalue weighted by Crippen LogP contribution is -2.11. The van der Waals surface area contributed by atoms with Crippen LogP contribution < -0.4 is 0 Å². The lowest BCUT2D eigenvalue weighted by atomic mass is 10.1. The number of aryl methyl sites for hydroxylation is 2. The van der Waals surface area contributed by atoms with Gasteiger partial charge in [-0.2, -0.15) is 10.4 Å². The third-order valence-corrected chi connectivity index (χ3v) is 3.91. The third-order valence-electron chi connectivity index (χ3n) is 3.91. The van der Waals surface area contributed by atoms with E-state index >= 15 is 0 Å². The fraction of sp³-hybridized carbons (Fsp3) is 0.211. The molecule has 0 saturated heterocycles. The summed E-state index contributed by atoms with van der Waals surface area (Å²) >= 11 is 0. The second-order valence-electron chi connectivity index (χ2n) is 5.78. The number of aromatic nitrogens is 3. The lowest BCUT2D eigenvalue weighted by Gasteiger charge is -2.12. The molecule has 1 N–H and O–H groups in total. The van der Waals surface area contributed by atoms with Crippen molar-refractivity contribution in [3.63, 3.8) is 0 Å². The Kier molecular flexibility index (Phi) is 4.41. The van der Waals surface area contributed by atoms with E-state index in [1.165, 1.54) is 0 Å². The minimum Gasteiger partial charge on any atom is -0.386 e. The van der Waals surface area contributed by atoms with E-state index in [0.717, 1.165) is 22.5 Å². The largest absolute Gasteiger partial charge is 0.386 e. The molecule has 3 rings (SSSR count). The van der Waals surface area contributed by atoms with Crippen LogP contribution in [0.1, 0.15) is 28.6 Å². The Morgan fingerprint density at radius 1 is 1.17 bits per heavy atom. The summed E-state index contributed by atoms with van der Waals surface area (Å²) in [5.74, 6) is 1.28. The first-order valence-electron chi connectivity index (χ1n) is 7.73. The predicted molar refractivity (Wildman–Crippen MR) is 91.0 cm³/mol. The topological polar surface area (TPSA) is 74.7 Å². The number of nitriles is 1. The summed E-state index contributed by atoms with van der Waals surface area (Å²) < 4.78 is 1.69. The maximum Gasteiger partial charge on any atom is 0.181 e. The van der Waals surface area contributed by atoms with Crippen molar-refractivity contribution < 1.29 is 5.11 Å². The molecule has 0 aliphatic rings. The molecule has 0 bridgehead atoms. The first-order chi connectivity index (χ1) is 11.6. The van der Waals surface area contributed by atoms with E-state index in [1.807, 2.05) is 50.2 Å². The van der Waals surface area contributed by atoms with Crippen molar-refractivity contribution in [1.29, 1.82) is 5.26 Å². The lowest BCUT2D eigenvalue weighted by molar-refractivity contribution is 0.150. The number of hydrogen-bond donors (Lipinski definition) is 1. The SMILES string of the molecule is Cc1ccc(C(O)Cn2nc(-c3cccc(C#N)c3)nc2C)cc1. The molecule has 1 unspecified atom stereocenters. The van der Waals surface area contributed by atoms with Gasteiger partial charge >= 0.3 is 0 Å². The highest BCUT2D eigenvalue weighted by Crippen LogP contribution is 2.20. The van der Waals surface area contributed by atoms with Gasteiger partial charge in [0.05, 0.1) is 24.3 Å². The maximum atomic E-state index is 10.4. The van der Waals surface area contributed by atoms with Crippen LogP contribution in [0.5, 0.6) is 0 Å². The van der Waals surface area contributed by atoms with E-state index in [0.29, 0.717) is 17.9 Å². The monoisotopic (exact) mass is 318 g/mol. The van der Waals surface area contributed by atoms with Gasteiger partial charge in [-0.3, -0.25) is 0 Å². The van der Waals surface area contributed by atoms with Crippen molar-refractivity contribution >= 4 is 0 Å². The van der Waals surface area contributed by atoms with Gasteiger partial charge < -0.3 is 5.11 Å². The molecule has 5 nitrogen and oxygen atoms in total. The second kappa shape index (κ2) is 6.65. The molecule has 5 heteroatoms. The van der Waals surface area contributed by atoms with E-state index in [9.17, 15) is 5.11 Å². The Bertz CT molecular complexity index is 890. The summed E-state index contributed by atoms with van der Waals surface area (Å²) in [7, 11) is 0. The van der Waals surface area contributed by atoms with Crippen molar-refractivity contribution in [2.75, 3.05) is 0 Å². The molecule has 1 atom stereocenters. The first-order valence-corrected chi connectivity index (χ1v) is 7.73. The Morgan fingerprint density at radius 3 is 2.62 bits per heavy atom. The van der Waals surface area contributed by atoms with E-state index in [4.69, 9.17) is 5.26 Å². The van der Waals surface area contributed by atoms with Crippen LogP contribution in [0.15, 0.2) is 48.5 Å². The average Bonchev–Trinajstić information content (AvgIpc) is 2.96. The number of rotatable bonds is 4. The Morgan fingerprint density at radius 2 is 1.92 bits per heavy atom. The minimum absolute atomic E-state index is 0.333. The van der Waals surface area contributed by atoms with Gasteiger partial charge in [-0.15, -0.1) is 0 Å². The summed E-state index contributed by atoms with van der Waals surface area (Å²) in [6, 6.07) is 17.1. The van der Waals surface area contributed by atoms with Crippen molar-refractivity contribution in [3.8, 4) is 17.5 Å². The molecule has 2 aromatic carbocycles. The molecule has 0 fully saturated rings. The zero-order chi connectivity index (χ0) is 17.1. The molecule has 0 amide bonds. The molecule has 0 saturated carbocycles. The summed E-state index contributed by atoms with van der Waals surface area (Å²) in [5.41, 5.74) is 3.37. The molecule has 1 aromatic heterocycles. The Labute approximate surface area is 140 Å². The molecular weight excluding hydrogens is 300 g/mol. The Balaban J connectivity index is 1.83. The van der Waals surface area contributed by atoms with Gasteiger partial charge in [-0.25, -0.2) is 9.67 Å². The summed E-state index contributed by atoms with van der Waals surface area (Å²) in [6.07, 6.45) is -0.649. The van der Waals surface area contributed by atoms with Gasteiger partial charge in [0.15, 0.2) is 5.82 Å². The highest BCUT2D eigenvalue weighted by molar-refractivity contribution is 5.57. The zero-order valence-electron chi connectivity index (χ0n) is 13.6. The number of benzene rings is 2. The Hall–Kier alpha value is -2.97. The van der Waals surface area contributed by atoms with Crippen LogP contribution in [-0.2, 0) is 6.54 Å². The summed E-state index contributed by atoms with van der Waals surface area (Å²) in [4.78, 5) is 4.45. The molecule has 0 aliphatic carbocycles. The fourth-order valence-corrected chi connectivity index (χ4v) is 2.50. The van der Waals surface area contributed by atoms with Crippen molar-refractivity contribution in [3.05, 3.63) is 71.0 Å². The van der Waals surface area contributed by atoms with Gasteiger partial charge in [0, 0.05) is 5.56 Å². The number of aliphatic hydroxyl groups is 1. The van der Waals surface area contributed by atoms with Crippen LogP contribution in [0.4, 0.5) is 0 Å². The van der Waals surface area contributed by atoms with Crippen LogP contribution >= 0.6 is 0 Å². The van der Waals surface area contributed by atoms with E-state index in [2.05, 4.69) is 16.2 Å². The molecule has 120 valence electrons. The van der Waals surface area contributed by atoms with Crippen molar-refractivity contribution in [1.82, 2.24) is 14.8 Å². The number of aliphatic hydroxyl groups excluding tert-OH is 1. The van der Waals surface area contributed by atoms with E-state index < -0.39 is 6.10 Å². The van der Waals surface area contributed by atoms with Crippen LogP contribution in [0.3, 0.4) is 0 Å². The van der Waals surface area contributed by atoms with Crippen LogP contribution in [0, 0.1) is 25.2 Å². The fourth-order valence-electron chi connectivity index (χ4n) is 2.50. The van der Waals surface area contributed by atoms with Gasteiger partial charge in [0.25, 0.3) is 0 Å². The minimum atomic E-state index is -0.649. The second-order valence-corrected chi connectivity index (χ2v) is 5.78. The molecule has 1 heterocycles. The standard InChI is InChI=1S/C19H18N4O/c1-13-6-8-16(9-7-13)18(24)12-23-14(2)21-19(22-23)17-5-3-4-15(10-17)11-20/h3-10,18,24H,12H2,1-2H3. The predicted octanol–water partition coefficient (Wildman–Crippen LogP) is 3.17. The van der Waals surface area contributed by atoms with Crippen molar-refractivity contribution in [2.45, 2.75) is 26.5 Å². The van der Waals surface area contributed by atoms with Crippen LogP contribution in [-0.4, -0.2) is 19.9 Å². The number of hydrogen-bond acceptors (Lipinski definition) is 4. The average molecular weight is 318 g/mol. The molecule has 0 radical (unpaired) electrons. The van der Waals surface area contributed by atoms with Gasteiger partial charge in [0.2, 0.25) is 0 Å². The van der Waals surface area contributed by atoms with E-state index in [-0.39, 0.29) is 0 Å². The maximum absolute atomic E-state index is 10.4. The van der Waals surface area contributed by atoms with Gasteiger partial charge in [-0.1, -0.05) is 42.0 Å². The smallest absolute Gasteiger partial charge is 0.181 e. The molecule has 0 spiro atoms.